The smallest absolute Gasteiger partial charge is 0.271 e. The Morgan fingerprint density at radius 3 is 2.35 bits per heavy atom. The van der Waals surface area contributed by atoms with Crippen molar-refractivity contribution in [1.29, 1.82) is 0 Å². The Balaban J connectivity index is 1.41. The first-order chi connectivity index (χ1) is 18.1. The van der Waals surface area contributed by atoms with Gasteiger partial charge in [0.25, 0.3) is 5.91 Å². The second-order valence-electron chi connectivity index (χ2n) is 8.06. The van der Waals surface area contributed by atoms with E-state index in [0.717, 1.165) is 16.5 Å². The molecule has 4 aromatic rings. The van der Waals surface area contributed by atoms with E-state index in [1.165, 1.54) is 5.39 Å². The number of amides is 1. The molecular formula is C30H30N2O5. The number of nitrogens with zero attached hydrogens (tertiary/aromatic N) is 1. The van der Waals surface area contributed by atoms with Crippen molar-refractivity contribution in [3.8, 4) is 23.0 Å². The molecule has 190 valence electrons. The van der Waals surface area contributed by atoms with Crippen LogP contribution in [0.1, 0.15) is 35.3 Å². The number of hydrogen-bond acceptors (Lipinski definition) is 6. The van der Waals surface area contributed by atoms with Crippen LogP contribution in [0.25, 0.3) is 10.8 Å². The van der Waals surface area contributed by atoms with Gasteiger partial charge in [-0.15, -0.1) is 0 Å². The highest BCUT2D eigenvalue weighted by molar-refractivity contribution is 5.95. The molecule has 0 atom stereocenters. The molecule has 0 fully saturated rings. The summed E-state index contributed by atoms with van der Waals surface area (Å²) in [4.78, 5) is 12.6. The third-order valence-electron chi connectivity index (χ3n) is 5.64. The van der Waals surface area contributed by atoms with Crippen LogP contribution < -0.4 is 24.4 Å². The van der Waals surface area contributed by atoms with E-state index in [1.54, 1.807) is 37.6 Å². The molecule has 0 radical (unpaired) electrons. The molecule has 7 nitrogen and oxygen atoms in total. The van der Waals surface area contributed by atoms with Crippen molar-refractivity contribution in [3.05, 3.63) is 95.6 Å². The molecule has 0 spiro atoms. The average molecular weight is 499 g/mol. The van der Waals surface area contributed by atoms with Gasteiger partial charge in [-0.05, 0) is 72.1 Å². The predicted molar refractivity (Wildman–Crippen MR) is 145 cm³/mol. The molecule has 0 aliphatic heterocycles. The van der Waals surface area contributed by atoms with E-state index in [9.17, 15) is 4.79 Å². The SMILES string of the molecule is CCOc1ccc(C(=O)N/N=C/c2ccc(OCc3cccc4ccccc34)c(OC)c2)cc1OCC. The summed E-state index contributed by atoms with van der Waals surface area (Å²) in [7, 11) is 1.59. The molecule has 0 saturated heterocycles. The summed E-state index contributed by atoms with van der Waals surface area (Å²) < 4.78 is 22.7. The largest absolute Gasteiger partial charge is 0.493 e. The molecule has 0 bridgehead atoms. The van der Waals surface area contributed by atoms with Gasteiger partial charge in [0.1, 0.15) is 6.61 Å². The molecule has 0 aromatic heterocycles. The maximum absolute atomic E-state index is 12.6. The molecule has 4 aromatic carbocycles. The Hall–Kier alpha value is -4.52. The molecule has 0 saturated carbocycles. The molecule has 37 heavy (non-hydrogen) atoms. The van der Waals surface area contributed by atoms with E-state index in [2.05, 4.69) is 34.8 Å². The minimum atomic E-state index is -0.359. The number of nitrogens with one attached hydrogen (secondary N) is 1. The minimum Gasteiger partial charge on any atom is -0.493 e. The van der Waals surface area contributed by atoms with Crippen LogP contribution in [0.3, 0.4) is 0 Å². The van der Waals surface area contributed by atoms with E-state index in [0.29, 0.717) is 48.4 Å². The number of benzene rings is 4. The number of hydrazone groups is 1. The van der Waals surface area contributed by atoms with Gasteiger partial charge in [-0.25, -0.2) is 5.43 Å². The van der Waals surface area contributed by atoms with E-state index >= 15 is 0 Å². The van der Waals surface area contributed by atoms with Crippen molar-refractivity contribution in [2.24, 2.45) is 5.10 Å². The number of hydrogen-bond donors (Lipinski definition) is 1. The molecular weight excluding hydrogens is 468 g/mol. The number of ether oxygens (including phenoxy) is 4. The highest BCUT2D eigenvalue weighted by Crippen LogP contribution is 2.30. The first-order valence-electron chi connectivity index (χ1n) is 12.1. The molecule has 0 heterocycles. The van der Waals surface area contributed by atoms with E-state index in [1.807, 2.05) is 44.2 Å². The molecule has 4 rings (SSSR count). The number of carbonyl (C=O) groups excluding carboxylic acids is 1. The predicted octanol–water partition coefficient (Wildman–Crippen LogP) is 5.99. The Bertz CT molecular complexity index is 1390. The Morgan fingerprint density at radius 2 is 1.54 bits per heavy atom. The van der Waals surface area contributed by atoms with Crippen LogP contribution in [0.15, 0.2) is 84.0 Å². The number of carbonyl (C=O) groups is 1. The van der Waals surface area contributed by atoms with Gasteiger partial charge in [-0.1, -0.05) is 42.5 Å². The fraction of sp³-hybridized carbons (Fsp3) is 0.200. The lowest BCUT2D eigenvalue weighted by Gasteiger charge is -2.13. The summed E-state index contributed by atoms with van der Waals surface area (Å²) in [6, 6.07) is 24.9. The lowest BCUT2D eigenvalue weighted by atomic mass is 10.1. The zero-order valence-corrected chi connectivity index (χ0v) is 21.2. The fourth-order valence-corrected chi connectivity index (χ4v) is 3.88. The van der Waals surface area contributed by atoms with Crippen molar-refractivity contribution in [2.75, 3.05) is 20.3 Å². The standard InChI is InChI=1S/C30H30N2O5/c1-4-35-27-16-14-23(18-29(27)36-5-2)30(33)32-31-19-21-13-15-26(28(17-21)34-3)37-20-24-11-8-10-22-9-6-7-12-25(22)24/h6-19H,4-5,20H2,1-3H3,(H,32,33)/b31-19+. The van der Waals surface area contributed by atoms with Crippen molar-refractivity contribution in [2.45, 2.75) is 20.5 Å². The second kappa shape index (κ2) is 12.4. The normalized spacial score (nSPS) is 10.9. The summed E-state index contributed by atoms with van der Waals surface area (Å²) >= 11 is 0. The maximum Gasteiger partial charge on any atom is 0.271 e. The summed E-state index contributed by atoms with van der Waals surface area (Å²) in [5, 5.41) is 6.42. The Labute approximate surface area is 216 Å². The maximum atomic E-state index is 12.6. The summed E-state index contributed by atoms with van der Waals surface area (Å²) in [6.07, 6.45) is 1.55. The van der Waals surface area contributed by atoms with Crippen LogP contribution in [-0.4, -0.2) is 32.4 Å². The van der Waals surface area contributed by atoms with Crippen molar-refractivity contribution >= 4 is 22.9 Å². The summed E-state index contributed by atoms with van der Waals surface area (Å²) in [5.41, 5.74) is 4.80. The fourth-order valence-electron chi connectivity index (χ4n) is 3.88. The van der Waals surface area contributed by atoms with Gasteiger partial charge in [-0.2, -0.15) is 5.10 Å². The highest BCUT2D eigenvalue weighted by Gasteiger charge is 2.11. The molecule has 7 heteroatoms. The molecule has 0 unspecified atom stereocenters. The third kappa shape index (κ3) is 6.38. The molecule has 0 aliphatic carbocycles. The minimum absolute atomic E-state index is 0.359. The van der Waals surface area contributed by atoms with Gasteiger partial charge < -0.3 is 18.9 Å². The van der Waals surface area contributed by atoms with Crippen molar-refractivity contribution in [3.63, 3.8) is 0 Å². The van der Waals surface area contributed by atoms with E-state index in [4.69, 9.17) is 18.9 Å². The van der Waals surface area contributed by atoms with Gasteiger partial charge in [0.15, 0.2) is 23.0 Å². The molecule has 1 N–H and O–H groups in total. The first-order valence-corrected chi connectivity index (χ1v) is 12.1. The summed E-state index contributed by atoms with van der Waals surface area (Å²) in [5.74, 6) is 1.95. The lowest BCUT2D eigenvalue weighted by Crippen LogP contribution is -2.17. The van der Waals surface area contributed by atoms with Gasteiger partial charge in [0, 0.05) is 5.56 Å². The molecule has 1 amide bonds. The van der Waals surface area contributed by atoms with Crippen molar-refractivity contribution in [1.82, 2.24) is 5.43 Å². The average Bonchev–Trinajstić information content (AvgIpc) is 2.93. The van der Waals surface area contributed by atoms with Crippen LogP contribution in [0.5, 0.6) is 23.0 Å². The topological polar surface area (TPSA) is 78.4 Å². The zero-order valence-electron chi connectivity index (χ0n) is 21.2. The van der Waals surface area contributed by atoms with Gasteiger partial charge in [-0.3, -0.25) is 4.79 Å². The zero-order chi connectivity index (χ0) is 26.0. The Morgan fingerprint density at radius 1 is 0.811 bits per heavy atom. The van der Waals surface area contributed by atoms with Crippen LogP contribution in [0.4, 0.5) is 0 Å². The number of methoxy groups -OCH3 is 1. The van der Waals surface area contributed by atoms with E-state index < -0.39 is 0 Å². The van der Waals surface area contributed by atoms with Gasteiger partial charge >= 0.3 is 0 Å². The van der Waals surface area contributed by atoms with Crippen LogP contribution in [0.2, 0.25) is 0 Å². The third-order valence-corrected chi connectivity index (χ3v) is 5.64. The highest BCUT2D eigenvalue weighted by atomic mass is 16.5. The van der Waals surface area contributed by atoms with Crippen LogP contribution in [-0.2, 0) is 6.61 Å². The second-order valence-corrected chi connectivity index (χ2v) is 8.06. The van der Waals surface area contributed by atoms with Crippen molar-refractivity contribution < 1.29 is 23.7 Å². The van der Waals surface area contributed by atoms with Crippen LogP contribution >= 0.6 is 0 Å². The first kappa shape index (κ1) is 25.6. The number of rotatable bonds is 11. The Kier molecular flexibility index (Phi) is 8.60. The number of fused-ring (bicyclic) bond motifs is 1. The quantitative estimate of drug-likeness (QED) is 0.203. The molecule has 0 aliphatic rings. The van der Waals surface area contributed by atoms with E-state index in [-0.39, 0.29) is 5.91 Å². The van der Waals surface area contributed by atoms with Gasteiger partial charge in [0.05, 0.1) is 26.5 Å². The van der Waals surface area contributed by atoms with Crippen LogP contribution in [0, 0.1) is 0 Å². The lowest BCUT2D eigenvalue weighted by molar-refractivity contribution is 0.0954. The summed E-state index contributed by atoms with van der Waals surface area (Å²) in [6.45, 7) is 5.15. The van der Waals surface area contributed by atoms with Gasteiger partial charge in [0.2, 0.25) is 0 Å². The monoisotopic (exact) mass is 498 g/mol.